The van der Waals surface area contributed by atoms with Crippen molar-refractivity contribution in [2.45, 2.75) is 13.8 Å². The normalized spacial score (nSPS) is 11.0. The maximum Gasteiger partial charge on any atom is 0.192 e. The largest absolute Gasteiger partial charge is 0.439 e. The molecule has 0 fully saturated rings. The lowest BCUT2D eigenvalue weighted by Crippen LogP contribution is -1.90. The Labute approximate surface area is 103 Å². The van der Waals surface area contributed by atoms with Crippen LogP contribution in [0.2, 0.25) is 0 Å². The van der Waals surface area contributed by atoms with Crippen LogP contribution in [0.1, 0.15) is 21.9 Å². The molecule has 0 atom stereocenters. The van der Waals surface area contributed by atoms with Gasteiger partial charge >= 0.3 is 0 Å². The van der Waals surface area contributed by atoms with Crippen LogP contribution in [0.15, 0.2) is 28.8 Å². The molecule has 18 heavy (non-hydrogen) atoms. The van der Waals surface area contributed by atoms with Gasteiger partial charge in [-0.25, -0.2) is 9.50 Å². The van der Waals surface area contributed by atoms with Gasteiger partial charge in [0.25, 0.3) is 0 Å². The van der Waals surface area contributed by atoms with E-state index in [4.69, 9.17) is 4.42 Å². The quantitative estimate of drug-likeness (QED) is 0.646. The van der Waals surface area contributed by atoms with Crippen LogP contribution in [-0.4, -0.2) is 20.9 Å². The van der Waals surface area contributed by atoms with Gasteiger partial charge in [0.2, 0.25) is 0 Å². The Hall–Kier alpha value is -2.43. The molecule has 0 aromatic carbocycles. The molecule has 0 radical (unpaired) electrons. The summed E-state index contributed by atoms with van der Waals surface area (Å²) in [6, 6.07) is 5.37. The summed E-state index contributed by atoms with van der Waals surface area (Å²) in [4.78, 5) is 15.2. The van der Waals surface area contributed by atoms with E-state index in [0.29, 0.717) is 22.9 Å². The number of aromatic nitrogens is 3. The van der Waals surface area contributed by atoms with Gasteiger partial charge in [-0.15, -0.1) is 0 Å². The van der Waals surface area contributed by atoms with Crippen molar-refractivity contribution in [3.05, 3.63) is 41.5 Å². The van der Waals surface area contributed by atoms with Crippen LogP contribution in [0.25, 0.3) is 17.0 Å². The van der Waals surface area contributed by atoms with Crippen LogP contribution in [0.4, 0.5) is 0 Å². The van der Waals surface area contributed by atoms with E-state index in [9.17, 15) is 4.79 Å². The van der Waals surface area contributed by atoms with Crippen LogP contribution >= 0.6 is 0 Å². The van der Waals surface area contributed by atoms with Gasteiger partial charge in [0.05, 0.1) is 11.2 Å². The molecule has 0 saturated heterocycles. The van der Waals surface area contributed by atoms with Crippen LogP contribution < -0.4 is 0 Å². The summed E-state index contributed by atoms with van der Waals surface area (Å²) in [6.45, 7) is 3.67. The Kier molecular flexibility index (Phi) is 2.26. The molecule has 90 valence electrons. The Balaban J connectivity index is 2.25. The molecule has 0 aliphatic heterocycles. The van der Waals surface area contributed by atoms with E-state index >= 15 is 0 Å². The molecule has 5 heteroatoms. The summed E-state index contributed by atoms with van der Waals surface area (Å²) < 4.78 is 7.19. The Morgan fingerprint density at radius 1 is 1.39 bits per heavy atom. The number of carbonyl (C=O) groups is 1. The summed E-state index contributed by atoms with van der Waals surface area (Å²) in [6.07, 6.45) is 2.61. The average Bonchev–Trinajstić information content (AvgIpc) is 2.91. The van der Waals surface area contributed by atoms with Gasteiger partial charge < -0.3 is 4.42 Å². The van der Waals surface area contributed by atoms with Gasteiger partial charge in [0, 0.05) is 18.7 Å². The van der Waals surface area contributed by atoms with E-state index in [2.05, 4.69) is 10.1 Å². The smallest absolute Gasteiger partial charge is 0.192 e. The van der Waals surface area contributed by atoms with Crippen molar-refractivity contribution in [2.75, 3.05) is 0 Å². The van der Waals surface area contributed by atoms with Crippen molar-refractivity contribution in [2.24, 2.45) is 0 Å². The Morgan fingerprint density at radius 2 is 2.22 bits per heavy atom. The molecule has 3 heterocycles. The molecular formula is C13H11N3O2. The maximum atomic E-state index is 11.0. The number of carbonyl (C=O) groups excluding carboxylic acids is 1. The summed E-state index contributed by atoms with van der Waals surface area (Å²) in [5, 5.41) is 4.39. The highest BCUT2D eigenvalue weighted by Gasteiger charge is 2.14. The molecule has 0 bridgehead atoms. The van der Waals surface area contributed by atoms with Crippen LogP contribution in [0.3, 0.4) is 0 Å². The minimum absolute atomic E-state index is 0.602. The molecule has 0 saturated carbocycles. The van der Waals surface area contributed by atoms with Crippen molar-refractivity contribution < 1.29 is 9.21 Å². The minimum Gasteiger partial charge on any atom is -0.439 e. The lowest BCUT2D eigenvalue weighted by atomic mass is 10.2. The molecule has 0 spiro atoms. The molecule has 0 amide bonds. The molecule has 3 aromatic rings. The lowest BCUT2D eigenvalue weighted by molar-refractivity contribution is 0.112. The summed E-state index contributed by atoms with van der Waals surface area (Å²) in [5.74, 6) is 1.25. The highest BCUT2D eigenvalue weighted by atomic mass is 16.4. The van der Waals surface area contributed by atoms with E-state index < -0.39 is 0 Å². The predicted octanol–water partition coefficient (Wildman–Crippen LogP) is 2.42. The lowest BCUT2D eigenvalue weighted by Gasteiger charge is -1.93. The van der Waals surface area contributed by atoms with E-state index in [-0.39, 0.29) is 0 Å². The zero-order valence-corrected chi connectivity index (χ0v) is 10.0. The highest BCUT2D eigenvalue weighted by molar-refractivity contribution is 5.87. The fourth-order valence-corrected chi connectivity index (χ4v) is 2.02. The first-order valence-corrected chi connectivity index (χ1v) is 5.57. The van der Waals surface area contributed by atoms with Crippen molar-refractivity contribution in [3.63, 3.8) is 0 Å². The first kappa shape index (κ1) is 10.7. The summed E-state index contributed by atoms with van der Waals surface area (Å²) >= 11 is 0. The van der Waals surface area contributed by atoms with E-state index in [1.54, 1.807) is 29.8 Å². The molecule has 0 aliphatic carbocycles. The van der Waals surface area contributed by atoms with Crippen LogP contribution in [-0.2, 0) is 0 Å². The van der Waals surface area contributed by atoms with Gasteiger partial charge in [-0.1, -0.05) is 0 Å². The van der Waals surface area contributed by atoms with E-state index in [1.165, 1.54) is 0 Å². The number of hydrogen-bond donors (Lipinski definition) is 0. The minimum atomic E-state index is 0.602. The van der Waals surface area contributed by atoms with Crippen molar-refractivity contribution >= 4 is 11.8 Å². The fourth-order valence-electron chi connectivity index (χ4n) is 2.02. The second kappa shape index (κ2) is 3.80. The van der Waals surface area contributed by atoms with Gasteiger partial charge in [-0.05, 0) is 25.1 Å². The summed E-state index contributed by atoms with van der Waals surface area (Å²) in [5.41, 5.74) is 2.84. The van der Waals surface area contributed by atoms with E-state index in [0.717, 1.165) is 17.5 Å². The number of fused-ring (bicyclic) bond motifs is 1. The maximum absolute atomic E-state index is 11.0. The van der Waals surface area contributed by atoms with Crippen molar-refractivity contribution in [3.8, 4) is 11.5 Å². The third-order valence-electron chi connectivity index (χ3n) is 2.80. The van der Waals surface area contributed by atoms with Crippen molar-refractivity contribution in [1.29, 1.82) is 0 Å². The Morgan fingerprint density at radius 3 is 2.89 bits per heavy atom. The van der Waals surface area contributed by atoms with E-state index in [1.807, 2.05) is 13.0 Å². The van der Waals surface area contributed by atoms with Crippen LogP contribution in [0.5, 0.6) is 0 Å². The third-order valence-corrected chi connectivity index (χ3v) is 2.80. The topological polar surface area (TPSA) is 60.4 Å². The standard InChI is InChI=1S/C13H11N3O2/c1-8-13(18-9(2)14-8)11-6-12-10(7-17)4-3-5-16(12)15-11/h3-7H,1-2H3. The molecular weight excluding hydrogens is 230 g/mol. The number of rotatable bonds is 2. The molecule has 3 rings (SSSR count). The van der Waals surface area contributed by atoms with Gasteiger partial charge in [0.15, 0.2) is 17.9 Å². The molecule has 0 unspecified atom stereocenters. The Bertz CT molecular complexity index is 740. The number of hydrogen-bond acceptors (Lipinski definition) is 4. The number of aryl methyl sites for hydroxylation is 2. The molecule has 0 N–H and O–H groups in total. The zero-order valence-electron chi connectivity index (χ0n) is 10.0. The second-order valence-corrected chi connectivity index (χ2v) is 4.09. The number of pyridine rings is 1. The third kappa shape index (κ3) is 1.52. The van der Waals surface area contributed by atoms with Gasteiger partial charge in [-0.3, -0.25) is 4.79 Å². The highest BCUT2D eigenvalue weighted by Crippen LogP contribution is 2.25. The van der Waals surface area contributed by atoms with Crippen molar-refractivity contribution in [1.82, 2.24) is 14.6 Å². The number of aldehydes is 1. The second-order valence-electron chi connectivity index (χ2n) is 4.09. The average molecular weight is 241 g/mol. The van der Waals surface area contributed by atoms with Gasteiger partial charge in [-0.2, -0.15) is 5.10 Å². The summed E-state index contributed by atoms with van der Waals surface area (Å²) in [7, 11) is 0. The first-order chi connectivity index (χ1) is 8.69. The predicted molar refractivity (Wildman–Crippen MR) is 65.6 cm³/mol. The SMILES string of the molecule is Cc1nc(C)c(-c2cc3c(C=O)cccn3n2)o1. The molecule has 3 aromatic heterocycles. The molecule has 5 nitrogen and oxygen atoms in total. The zero-order chi connectivity index (χ0) is 12.7. The molecule has 0 aliphatic rings. The van der Waals surface area contributed by atoms with Gasteiger partial charge in [0.1, 0.15) is 5.69 Å². The number of nitrogens with zero attached hydrogens (tertiary/aromatic N) is 3. The fraction of sp³-hybridized carbons (Fsp3) is 0.154. The first-order valence-electron chi connectivity index (χ1n) is 5.57. The van der Waals surface area contributed by atoms with Crippen LogP contribution in [0, 0.1) is 13.8 Å². The number of oxazole rings is 1. The monoisotopic (exact) mass is 241 g/mol.